The lowest BCUT2D eigenvalue weighted by atomic mass is 10.2. The predicted octanol–water partition coefficient (Wildman–Crippen LogP) is 3.87. The summed E-state index contributed by atoms with van der Waals surface area (Å²) in [6.45, 7) is 4.76. The van der Waals surface area contributed by atoms with E-state index in [1.54, 1.807) is 19.9 Å². The van der Waals surface area contributed by atoms with Crippen LogP contribution in [0.1, 0.15) is 28.8 Å². The second-order valence-electron chi connectivity index (χ2n) is 4.99. The van der Waals surface area contributed by atoms with Crippen LogP contribution in [0.15, 0.2) is 28.7 Å². The van der Waals surface area contributed by atoms with E-state index in [-0.39, 0.29) is 16.3 Å². The van der Waals surface area contributed by atoms with Crippen molar-refractivity contribution >= 4 is 29.2 Å². The van der Waals surface area contributed by atoms with Gasteiger partial charge in [0.25, 0.3) is 5.91 Å². The first kappa shape index (κ1) is 17.0. The number of amides is 1. The molecular weight excluding hydrogens is 325 g/mol. The topological polar surface area (TPSA) is 68.5 Å². The molecule has 1 aromatic heterocycles. The van der Waals surface area contributed by atoms with E-state index < -0.39 is 23.8 Å². The zero-order valence-electron chi connectivity index (χ0n) is 12.8. The number of carbonyl (C=O) groups excluding carboxylic acids is 2. The molecule has 23 heavy (non-hydrogen) atoms. The number of hydrogen-bond donors (Lipinski definition) is 1. The Hall–Kier alpha value is -2.34. The van der Waals surface area contributed by atoms with E-state index in [2.05, 4.69) is 5.32 Å². The first-order valence-electron chi connectivity index (χ1n) is 6.82. The van der Waals surface area contributed by atoms with Crippen LogP contribution in [-0.4, -0.2) is 18.0 Å². The van der Waals surface area contributed by atoms with E-state index in [0.29, 0.717) is 11.5 Å². The summed E-state index contributed by atoms with van der Waals surface area (Å²) in [5.74, 6) is -0.762. The third-order valence-corrected chi connectivity index (χ3v) is 3.42. The fraction of sp³-hybridized carbons (Fsp3) is 0.250. The molecular formula is C16H15ClFNO4. The van der Waals surface area contributed by atoms with Crippen LogP contribution in [0.3, 0.4) is 0 Å². The Morgan fingerprint density at radius 1 is 1.30 bits per heavy atom. The monoisotopic (exact) mass is 339 g/mol. The molecule has 1 amide bonds. The first-order valence-corrected chi connectivity index (χ1v) is 7.19. The Morgan fingerprint density at radius 3 is 2.57 bits per heavy atom. The van der Waals surface area contributed by atoms with E-state index in [4.69, 9.17) is 20.8 Å². The Labute approximate surface area is 137 Å². The molecule has 0 unspecified atom stereocenters. The Morgan fingerprint density at radius 2 is 2.00 bits per heavy atom. The number of aryl methyl sites for hydroxylation is 2. The predicted molar refractivity (Wildman–Crippen MR) is 83.1 cm³/mol. The number of carbonyl (C=O) groups is 2. The van der Waals surface area contributed by atoms with Crippen LogP contribution in [0.4, 0.5) is 10.1 Å². The van der Waals surface area contributed by atoms with Crippen molar-refractivity contribution in [2.45, 2.75) is 26.9 Å². The molecule has 1 heterocycles. The smallest absolute Gasteiger partial charge is 0.342 e. The van der Waals surface area contributed by atoms with Crippen molar-refractivity contribution < 1.29 is 23.1 Å². The lowest BCUT2D eigenvalue weighted by Crippen LogP contribution is -2.30. The van der Waals surface area contributed by atoms with Gasteiger partial charge in [0.1, 0.15) is 22.9 Å². The van der Waals surface area contributed by atoms with Crippen LogP contribution in [0.25, 0.3) is 0 Å². The number of hydrogen-bond acceptors (Lipinski definition) is 4. The van der Waals surface area contributed by atoms with Gasteiger partial charge in [-0.2, -0.15) is 0 Å². The van der Waals surface area contributed by atoms with Gasteiger partial charge in [0.2, 0.25) is 0 Å². The molecule has 0 saturated heterocycles. The molecule has 122 valence electrons. The summed E-state index contributed by atoms with van der Waals surface area (Å²) in [6, 6.07) is 5.11. The molecule has 7 heteroatoms. The van der Waals surface area contributed by atoms with Gasteiger partial charge in [-0.25, -0.2) is 9.18 Å². The van der Waals surface area contributed by atoms with Crippen molar-refractivity contribution in [3.05, 3.63) is 52.2 Å². The average Bonchev–Trinajstić information content (AvgIpc) is 2.80. The van der Waals surface area contributed by atoms with Crippen LogP contribution in [0.2, 0.25) is 5.02 Å². The standard InChI is InChI=1S/C16H15ClFNO4/c1-8-6-12(9(2)22-8)16(21)23-10(3)15(20)19-14-5-4-11(18)7-13(14)17/h4-7,10H,1-3H3,(H,19,20)/t10-/m0/s1. The highest BCUT2D eigenvalue weighted by Gasteiger charge is 2.22. The van der Waals surface area contributed by atoms with E-state index in [0.717, 1.165) is 12.1 Å². The van der Waals surface area contributed by atoms with E-state index in [1.165, 1.54) is 13.0 Å². The average molecular weight is 340 g/mol. The molecule has 0 aliphatic heterocycles. The Bertz CT molecular complexity index is 757. The summed E-state index contributed by atoms with van der Waals surface area (Å²) < 4.78 is 23.3. The zero-order valence-corrected chi connectivity index (χ0v) is 13.5. The Balaban J connectivity index is 2.02. The minimum atomic E-state index is -1.06. The van der Waals surface area contributed by atoms with E-state index in [1.807, 2.05) is 0 Å². The molecule has 0 fully saturated rings. The maximum Gasteiger partial charge on any atom is 0.342 e. The van der Waals surface area contributed by atoms with Gasteiger partial charge in [0.15, 0.2) is 6.10 Å². The van der Waals surface area contributed by atoms with Gasteiger partial charge in [0.05, 0.1) is 10.7 Å². The minimum absolute atomic E-state index is 0.0539. The van der Waals surface area contributed by atoms with E-state index in [9.17, 15) is 14.0 Å². The molecule has 2 aromatic rings. The normalized spacial score (nSPS) is 11.9. The highest BCUT2D eigenvalue weighted by atomic mass is 35.5. The van der Waals surface area contributed by atoms with Gasteiger partial charge in [-0.1, -0.05) is 11.6 Å². The molecule has 1 atom stereocenters. The van der Waals surface area contributed by atoms with Crippen LogP contribution < -0.4 is 5.32 Å². The van der Waals surface area contributed by atoms with Crippen molar-refractivity contribution in [2.24, 2.45) is 0 Å². The highest BCUT2D eigenvalue weighted by Crippen LogP contribution is 2.23. The quantitative estimate of drug-likeness (QED) is 0.858. The van der Waals surface area contributed by atoms with E-state index >= 15 is 0 Å². The largest absolute Gasteiger partial charge is 0.466 e. The van der Waals surface area contributed by atoms with Gasteiger partial charge in [0, 0.05) is 0 Å². The molecule has 0 saturated carbocycles. The number of esters is 1. The number of furan rings is 1. The van der Waals surface area contributed by atoms with Crippen molar-refractivity contribution in [3.63, 3.8) is 0 Å². The first-order chi connectivity index (χ1) is 10.8. The van der Waals surface area contributed by atoms with Crippen molar-refractivity contribution in [1.82, 2.24) is 0 Å². The fourth-order valence-electron chi connectivity index (χ4n) is 1.94. The van der Waals surface area contributed by atoms with Gasteiger partial charge in [-0.05, 0) is 45.0 Å². The number of nitrogens with one attached hydrogen (secondary N) is 1. The molecule has 0 spiro atoms. The lowest BCUT2D eigenvalue weighted by Gasteiger charge is -2.14. The van der Waals surface area contributed by atoms with Gasteiger partial charge < -0.3 is 14.5 Å². The van der Waals surface area contributed by atoms with Crippen LogP contribution in [0, 0.1) is 19.7 Å². The maximum atomic E-state index is 13.0. The summed E-state index contributed by atoms with van der Waals surface area (Å²) in [7, 11) is 0. The maximum absolute atomic E-state index is 13.0. The van der Waals surface area contributed by atoms with Crippen molar-refractivity contribution in [2.75, 3.05) is 5.32 Å². The zero-order chi connectivity index (χ0) is 17.1. The third-order valence-electron chi connectivity index (χ3n) is 3.10. The number of anilines is 1. The molecule has 1 aromatic carbocycles. The molecule has 0 aliphatic rings. The van der Waals surface area contributed by atoms with Crippen LogP contribution in [0.5, 0.6) is 0 Å². The number of benzene rings is 1. The summed E-state index contributed by atoms with van der Waals surface area (Å²) in [5.41, 5.74) is 0.498. The molecule has 5 nitrogen and oxygen atoms in total. The second-order valence-corrected chi connectivity index (χ2v) is 5.40. The Kier molecular flexibility index (Phi) is 5.05. The number of halogens is 2. The lowest BCUT2D eigenvalue weighted by molar-refractivity contribution is -0.123. The molecule has 0 bridgehead atoms. The SMILES string of the molecule is Cc1cc(C(=O)O[C@@H](C)C(=O)Nc2ccc(F)cc2Cl)c(C)o1. The number of rotatable bonds is 4. The molecule has 2 rings (SSSR count). The molecule has 0 radical (unpaired) electrons. The fourth-order valence-corrected chi connectivity index (χ4v) is 2.15. The second kappa shape index (κ2) is 6.83. The van der Waals surface area contributed by atoms with Gasteiger partial charge >= 0.3 is 5.97 Å². The van der Waals surface area contributed by atoms with Crippen LogP contribution in [-0.2, 0) is 9.53 Å². The summed E-state index contributed by atoms with van der Waals surface area (Å²) in [5, 5.41) is 2.53. The summed E-state index contributed by atoms with van der Waals surface area (Å²) in [6.07, 6.45) is -1.06. The number of ether oxygens (including phenoxy) is 1. The van der Waals surface area contributed by atoms with Crippen LogP contribution >= 0.6 is 11.6 Å². The minimum Gasteiger partial charge on any atom is -0.466 e. The molecule has 1 N–H and O–H groups in total. The van der Waals surface area contributed by atoms with Gasteiger partial charge in [-0.15, -0.1) is 0 Å². The van der Waals surface area contributed by atoms with Crippen molar-refractivity contribution in [1.29, 1.82) is 0 Å². The molecule has 0 aliphatic carbocycles. The van der Waals surface area contributed by atoms with Gasteiger partial charge in [-0.3, -0.25) is 4.79 Å². The van der Waals surface area contributed by atoms with Crippen molar-refractivity contribution in [3.8, 4) is 0 Å². The summed E-state index contributed by atoms with van der Waals surface area (Å²) in [4.78, 5) is 24.1. The summed E-state index contributed by atoms with van der Waals surface area (Å²) >= 11 is 5.83. The third kappa shape index (κ3) is 4.10. The highest BCUT2D eigenvalue weighted by molar-refractivity contribution is 6.33.